The first kappa shape index (κ1) is 20.2. The summed E-state index contributed by atoms with van der Waals surface area (Å²) in [5.41, 5.74) is 3.55. The number of piperidine rings is 1. The fourth-order valence-corrected chi connectivity index (χ4v) is 4.79. The molecule has 0 spiro atoms. The third kappa shape index (κ3) is 5.04. The summed E-state index contributed by atoms with van der Waals surface area (Å²) in [6.07, 6.45) is 6.83. The Kier molecular flexibility index (Phi) is 6.80. The van der Waals surface area contributed by atoms with Gasteiger partial charge in [0.1, 0.15) is 12.3 Å². The van der Waals surface area contributed by atoms with Crippen molar-refractivity contribution in [3.63, 3.8) is 0 Å². The van der Waals surface area contributed by atoms with Crippen molar-refractivity contribution in [1.29, 1.82) is 0 Å². The van der Waals surface area contributed by atoms with E-state index in [0.29, 0.717) is 17.6 Å². The molecule has 0 aromatic heterocycles. The van der Waals surface area contributed by atoms with Gasteiger partial charge in [0, 0.05) is 37.4 Å². The van der Waals surface area contributed by atoms with E-state index in [4.69, 9.17) is 0 Å². The van der Waals surface area contributed by atoms with Gasteiger partial charge in [0.05, 0.1) is 13.1 Å². The van der Waals surface area contributed by atoms with Crippen molar-refractivity contribution in [2.45, 2.75) is 71.8 Å². The van der Waals surface area contributed by atoms with Gasteiger partial charge in [-0.15, -0.1) is 0 Å². The normalized spacial score (nSPS) is 24.1. The highest BCUT2D eigenvalue weighted by Gasteiger charge is 2.31. The highest BCUT2D eigenvalue weighted by atomic mass is 16.3. The number of quaternary nitrogens is 1. The first-order valence-electron chi connectivity index (χ1n) is 10.9. The summed E-state index contributed by atoms with van der Waals surface area (Å²) in [6.45, 7) is 11.3. The van der Waals surface area contributed by atoms with Crippen LogP contribution in [0.3, 0.4) is 0 Å². The van der Waals surface area contributed by atoms with E-state index in [1.165, 1.54) is 41.7 Å². The van der Waals surface area contributed by atoms with E-state index in [-0.39, 0.29) is 5.92 Å². The molecule has 2 heterocycles. The van der Waals surface area contributed by atoms with Gasteiger partial charge in [-0.2, -0.15) is 0 Å². The fourth-order valence-electron chi connectivity index (χ4n) is 4.79. The lowest BCUT2D eigenvalue weighted by atomic mass is 9.93. The zero-order valence-corrected chi connectivity index (χ0v) is 17.4. The van der Waals surface area contributed by atoms with E-state index in [1.54, 1.807) is 0 Å². The second kappa shape index (κ2) is 9.09. The average molecular weight is 374 g/mol. The highest BCUT2D eigenvalue weighted by Crippen LogP contribution is 2.27. The number of aromatic hydroxyl groups is 1. The minimum absolute atomic E-state index is 0.213. The molecule has 4 nitrogen and oxygen atoms in total. The van der Waals surface area contributed by atoms with Gasteiger partial charge in [-0.3, -0.25) is 4.79 Å². The smallest absolute Gasteiger partial charge is 0.226 e. The number of hydrogen-bond donors (Lipinski definition) is 2. The lowest BCUT2D eigenvalue weighted by Crippen LogP contribution is -3.11. The van der Waals surface area contributed by atoms with Crippen LogP contribution in [0.1, 0.15) is 75.0 Å². The maximum absolute atomic E-state index is 12.9. The Labute approximate surface area is 164 Å². The summed E-state index contributed by atoms with van der Waals surface area (Å²) in [7, 11) is 0. The number of nitrogens with one attached hydrogen (secondary N) is 1. The molecular weight excluding hydrogens is 336 g/mol. The van der Waals surface area contributed by atoms with Gasteiger partial charge in [-0.25, -0.2) is 0 Å². The third-order valence-corrected chi connectivity index (χ3v) is 6.49. The SMILES string of the molecule is Cc1cc(O)c(C[NH+]2CCC(C(=O)N3CCCCCC3)CC2)cc1C(C)C. The van der Waals surface area contributed by atoms with Gasteiger partial charge in [0.25, 0.3) is 0 Å². The maximum atomic E-state index is 12.9. The molecule has 0 aliphatic carbocycles. The molecule has 4 heteroatoms. The second-order valence-electron chi connectivity index (χ2n) is 8.93. The van der Waals surface area contributed by atoms with Crippen molar-refractivity contribution in [3.8, 4) is 5.75 Å². The summed E-state index contributed by atoms with van der Waals surface area (Å²) in [5.74, 6) is 1.50. The number of nitrogens with zero attached hydrogens (tertiary/aromatic N) is 1. The lowest BCUT2D eigenvalue weighted by molar-refractivity contribution is -0.919. The summed E-state index contributed by atoms with van der Waals surface area (Å²) in [5, 5.41) is 10.4. The molecule has 0 saturated carbocycles. The number of phenolic OH excluding ortho intramolecular Hbond substituents is 1. The van der Waals surface area contributed by atoms with Gasteiger partial charge in [0.15, 0.2) is 0 Å². The first-order valence-corrected chi connectivity index (χ1v) is 10.9. The van der Waals surface area contributed by atoms with Crippen molar-refractivity contribution in [2.24, 2.45) is 5.92 Å². The van der Waals surface area contributed by atoms with E-state index < -0.39 is 0 Å². The number of carbonyl (C=O) groups excluding carboxylic acids is 1. The monoisotopic (exact) mass is 373 g/mol. The summed E-state index contributed by atoms with van der Waals surface area (Å²) >= 11 is 0. The zero-order chi connectivity index (χ0) is 19.4. The largest absolute Gasteiger partial charge is 0.507 e. The van der Waals surface area contributed by atoms with Crippen LogP contribution in [0.4, 0.5) is 0 Å². The molecule has 2 saturated heterocycles. The Bertz CT molecular complexity index is 640. The van der Waals surface area contributed by atoms with Crippen LogP contribution in [0.5, 0.6) is 5.75 Å². The molecule has 0 bridgehead atoms. The molecule has 3 rings (SSSR count). The number of carbonyl (C=O) groups is 1. The molecule has 0 unspecified atom stereocenters. The average Bonchev–Trinajstić information content (AvgIpc) is 2.93. The Hall–Kier alpha value is -1.55. The number of benzene rings is 1. The predicted octanol–water partition coefficient (Wildman–Crippen LogP) is 3.02. The fraction of sp³-hybridized carbons (Fsp3) is 0.696. The van der Waals surface area contributed by atoms with Gasteiger partial charge in [0.2, 0.25) is 5.91 Å². The number of rotatable bonds is 4. The molecule has 2 fully saturated rings. The quantitative estimate of drug-likeness (QED) is 0.852. The van der Waals surface area contributed by atoms with Gasteiger partial charge in [-0.05, 0) is 48.9 Å². The minimum Gasteiger partial charge on any atom is -0.507 e. The standard InChI is InChI=1S/C23H36N2O2/c1-17(2)21-15-20(22(26)14-18(21)3)16-24-12-8-19(9-13-24)23(27)25-10-6-4-5-7-11-25/h14-15,17,19,26H,4-13,16H2,1-3H3/p+1. The van der Waals surface area contributed by atoms with Gasteiger partial charge >= 0.3 is 0 Å². The molecule has 27 heavy (non-hydrogen) atoms. The number of amides is 1. The molecule has 1 aromatic carbocycles. The number of likely N-dealkylation sites (tertiary alicyclic amines) is 2. The Morgan fingerprint density at radius 3 is 2.37 bits per heavy atom. The van der Waals surface area contributed by atoms with E-state index in [1.807, 2.05) is 6.07 Å². The van der Waals surface area contributed by atoms with Crippen LogP contribution in [0.15, 0.2) is 12.1 Å². The van der Waals surface area contributed by atoms with E-state index in [9.17, 15) is 9.90 Å². The van der Waals surface area contributed by atoms with Crippen LogP contribution >= 0.6 is 0 Å². The Morgan fingerprint density at radius 2 is 1.78 bits per heavy atom. The van der Waals surface area contributed by atoms with Crippen molar-refractivity contribution >= 4 is 5.91 Å². The number of phenols is 1. The van der Waals surface area contributed by atoms with Crippen LogP contribution in [-0.2, 0) is 11.3 Å². The molecule has 1 amide bonds. The summed E-state index contributed by atoms with van der Waals surface area (Å²) in [6, 6.07) is 4.11. The highest BCUT2D eigenvalue weighted by molar-refractivity contribution is 5.78. The summed E-state index contributed by atoms with van der Waals surface area (Å²) in [4.78, 5) is 16.5. The maximum Gasteiger partial charge on any atom is 0.226 e. The molecule has 2 aliphatic rings. The Morgan fingerprint density at radius 1 is 1.15 bits per heavy atom. The van der Waals surface area contributed by atoms with Crippen LogP contribution in [0.25, 0.3) is 0 Å². The van der Waals surface area contributed by atoms with Gasteiger partial charge < -0.3 is 14.9 Å². The number of aryl methyl sites for hydroxylation is 1. The van der Waals surface area contributed by atoms with Crippen LogP contribution in [0.2, 0.25) is 0 Å². The van der Waals surface area contributed by atoms with Crippen molar-refractivity contribution in [2.75, 3.05) is 26.2 Å². The zero-order valence-electron chi connectivity index (χ0n) is 17.4. The molecule has 0 radical (unpaired) electrons. The molecule has 0 atom stereocenters. The van der Waals surface area contributed by atoms with Crippen molar-refractivity contribution in [1.82, 2.24) is 4.90 Å². The Balaban J connectivity index is 1.56. The first-order chi connectivity index (χ1) is 13.0. The van der Waals surface area contributed by atoms with Crippen molar-refractivity contribution in [3.05, 3.63) is 28.8 Å². The number of hydrogen-bond acceptors (Lipinski definition) is 2. The molecule has 1 aromatic rings. The van der Waals surface area contributed by atoms with Gasteiger partial charge in [-0.1, -0.05) is 26.7 Å². The second-order valence-corrected chi connectivity index (χ2v) is 8.93. The molecule has 150 valence electrons. The third-order valence-electron chi connectivity index (χ3n) is 6.49. The lowest BCUT2D eigenvalue weighted by Gasteiger charge is -2.32. The van der Waals surface area contributed by atoms with E-state index >= 15 is 0 Å². The molecule has 2 N–H and O–H groups in total. The van der Waals surface area contributed by atoms with Crippen molar-refractivity contribution < 1.29 is 14.8 Å². The predicted molar refractivity (Wildman–Crippen MR) is 109 cm³/mol. The summed E-state index contributed by atoms with van der Waals surface area (Å²) < 4.78 is 0. The van der Waals surface area contributed by atoms with Crippen LogP contribution < -0.4 is 4.90 Å². The van der Waals surface area contributed by atoms with E-state index in [0.717, 1.165) is 51.1 Å². The molecule has 2 aliphatic heterocycles. The molecular formula is C23H37N2O2+. The minimum atomic E-state index is 0.213. The van der Waals surface area contributed by atoms with Crippen LogP contribution in [-0.4, -0.2) is 42.1 Å². The van der Waals surface area contributed by atoms with Crippen LogP contribution in [0, 0.1) is 12.8 Å². The topological polar surface area (TPSA) is 45.0 Å². The van der Waals surface area contributed by atoms with E-state index in [2.05, 4.69) is 31.7 Å².